The van der Waals surface area contributed by atoms with Crippen molar-refractivity contribution < 1.29 is 9.47 Å². The molecular weight excluding hydrogens is 242 g/mol. The summed E-state index contributed by atoms with van der Waals surface area (Å²) in [5.41, 5.74) is 5.55. The Kier molecular flexibility index (Phi) is 4.81. The zero-order valence-electron chi connectivity index (χ0n) is 12.2. The molecule has 5 heteroatoms. The van der Waals surface area contributed by atoms with E-state index < -0.39 is 0 Å². The van der Waals surface area contributed by atoms with E-state index in [1.807, 2.05) is 6.92 Å². The van der Waals surface area contributed by atoms with Gasteiger partial charge in [-0.1, -0.05) is 13.8 Å². The predicted molar refractivity (Wildman–Crippen MR) is 75.5 cm³/mol. The fourth-order valence-corrected chi connectivity index (χ4v) is 3.16. The van der Waals surface area contributed by atoms with Gasteiger partial charge in [0.15, 0.2) is 0 Å². The van der Waals surface area contributed by atoms with Crippen molar-refractivity contribution in [3.63, 3.8) is 0 Å². The molecule has 0 saturated carbocycles. The second-order valence-corrected chi connectivity index (χ2v) is 5.92. The van der Waals surface area contributed by atoms with Gasteiger partial charge < -0.3 is 15.2 Å². The van der Waals surface area contributed by atoms with Crippen molar-refractivity contribution in [1.29, 1.82) is 5.41 Å². The van der Waals surface area contributed by atoms with E-state index in [0.717, 1.165) is 52.2 Å². The molecule has 0 amide bonds. The zero-order valence-corrected chi connectivity index (χ0v) is 12.2. The van der Waals surface area contributed by atoms with Gasteiger partial charge in [0.05, 0.1) is 18.0 Å². The summed E-state index contributed by atoms with van der Waals surface area (Å²) in [7, 11) is 0. The first-order valence-electron chi connectivity index (χ1n) is 7.36. The van der Waals surface area contributed by atoms with Gasteiger partial charge >= 0.3 is 0 Å². The van der Waals surface area contributed by atoms with Gasteiger partial charge in [0, 0.05) is 38.1 Å². The molecule has 110 valence electrons. The summed E-state index contributed by atoms with van der Waals surface area (Å²) in [6, 6.07) is 0.530. The molecular formula is C14H27N3O2. The number of nitrogens with zero attached hydrogens (tertiary/aromatic N) is 1. The maximum Gasteiger partial charge on any atom is 0.0951 e. The Morgan fingerprint density at radius 2 is 2.32 bits per heavy atom. The van der Waals surface area contributed by atoms with Crippen LogP contribution in [0.3, 0.4) is 0 Å². The van der Waals surface area contributed by atoms with Crippen molar-refractivity contribution in [3.05, 3.63) is 0 Å². The topological polar surface area (TPSA) is 71.6 Å². The number of hydrogen-bond acceptors (Lipinski definition) is 4. The summed E-state index contributed by atoms with van der Waals surface area (Å²) in [6.45, 7) is 8.45. The number of amidine groups is 1. The highest BCUT2D eigenvalue weighted by Crippen LogP contribution is 2.34. The highest BCUT2D eigenvalue weighted by molar-refractivity contribution is 5.79. The average Bonchev–Trinajstić information content (AvgIpc) is 2.83. The Bertz CT molecular complexity index is 316. The van der Waals surface area contributed by atoms with E-state index >= 15 is 0 Å². The first kappa shape index (κ1) is 14.8. The zero-order chi connectivity index (χ0) is 13.9. The third-order valence-electron chi connectivity index (χ3n) is 4.50. The van der Waals surface area contributed by atoms with Gasteiger partial charge in [-0.15, -0.1) is 0 Å². The SMILES string of the molecule is CCN(CC(C)C(=N)N)C1CCOC2(CCOC2)C1. The van der Waals surface area contributed by atoms with E-state index in [1.165, 1.54) is 0 Å². The van der Waals surface area contributed by atoms with Crippen LogP contribution in [-0.4, -0.2) is 55.3 Å². The molecule has 0 aromatic carbocycles. The van der Waals surface area contributed by atoms with E-state index in [9.17, 15) is 0 Å². The molecule has 0 aliphatic carbocycles. The highest BCUT2D eigenvalue weighted by atomic mass is 16.6. The molecule has 3 N–H and O–H groups in total. The average molecular weight is 269 g/mol. The molecule has 0 aromatic heterocycles. The fourth-order valence-electron chi connectivity index (χ4n) is 3.16. The van der Waals surface area contributed by atoms with Crippen LogP contribution in [0.2, 0.25) is 0 Å². The maximum atomic E-state index is 7.55. The molecule has 1 spiro atoms. The third-order valence-corrected chi connectivity index (χ3v) is 4.50. The normalized spacial score (nSPS) is 32.9. The van der Waals surface area contributed by atoms with Gasteiger partial charge in [0.25, 0.3) is 0 Å². The lowest BCUT2D eigenvalue weighted by Gasteiger charge is -2.42. The van der Waals surface area contributed by atoms with Crippen LogP contribution in [0.4, 0.5) is 0 Å². The van der Waals surface area contributed by atoms with E-state index in [4.69, 9.17) is 20.6 Å². The van der Waals surface area contributed by atoms with Crippen LogP contribution in [-0.2, 0) is 9.47 Å². The van der Waals surface area contributed by atoms with E-state index in [-0.39, 0.29) is 17.4 Å². The molecule has 0 bridgehead atoms. The number of rotatable bonds is 5. The molecule has 5 nitrogen and oxygen atoms in total. The quantitative estimate of drug-likeness (QED) is 0.581. The molecule has 2 aliphatic heterocycles. The van der Waals surface area contributed by atoms with Crippen molar-refractivity contribution in [2.75, 3.05) is 32.9 Å². The van der Waals surface area contributed by atoms with E-state index in [2.05, 4.69) is 11.8 Å². The summed E-state index contributed by atoms with van der Waals surface area (Å²) in [4.78, 5) is 2.45. The fraction of sp³-hybridized carbons (Fsp3) is 0.929. The summed E-state index contributed by atoms with van der Waals surface area (Å²) in [6.07, 6.45) is 3.13. The second kappa shape index (κ2) is 6.20. The van der Waals surface area contributed by atoms with Crippen molar-refractivity contribution in [2.45, 2.75) is 44.8 Å². The van der Waals surface area contributed by atoms with E-state index in [1.54, 1.807) is 0 Å². The Balaban J connectivity index is 1.96. The molecule has 2 heterocycles. The van der Waals surface area contributed by atoms with Gasteiger partial charge in [-0.05, 0) is 19.4 Å². The molecule has 3 unspecified atom stereocenters. The smallest absolute Gasteiger partial charge is 0.0951 e. The molecule has 2 fully saturated rings. The Hall–Kier alpha value is -0.650. The molecule has 0 aromatic rings. The highest BCUT2D eigenvalue weighted by Gasteiger charge is 2.42. The summed E-state index contributed by atoms with van der Waals surface area (Å²) >= 11 is 0. The van der Waals surface area contributed by atoms with Crippen molar-refractivity contribution in [1.82, 2.24) is 4.90 Å². The number of hydrogen-bond donors (Lipinski definition) is 2. The van der Waals surface area contributed by atoms with Crippen molar-refractivity contribution in [3.8, 4) is 0 Å². The van der Waals surface area contributed by atoms with Gasteiger partial charge in [-0.3, -0.25) is 10.3 Å². The van der Waals surface area contributed by atoms with Gasteiger partial charge in [0.2, 0.25) is 0 Å². The summed E-state index contributed by atoms with van der Waals surface area (Å²) in [5, 5.41) is 7.55. The minimum Gasteiger partial charge on any atom is -0.387 e. The lowest BCUT2D eigenvalue weighted by Crippen LogP contribution is -2.50. The van der Waals surface area contributed by atoms with Crippen LogP contribution in [0.5, 0.6) is 0 Å². The minimum atomic E-state index is -0.0458. The van der Waals surface area contributed by atoms with Crippen LogP contribution in [0, 0.1) is 11.3 Å². The Morgan fingerprint density at radius 1 is 1.53 bits per heavy atom. The molecule has 2 rings (SSSR count). The minimum absolute atomic E-state index is 0.0458. The largest absolute Gasteiger partial charge is 0.387 e. The van der Waals surface area contributed by atoms with E-state index in [0.29, 0.717) is 6.04 Å². The Morgan fingerprint density at radius 3 is 2.89 bits per heavy atom. The third kappa shape index (κ3) is 3.46. The van der Waals surface area contributed by atoms with Crippen LogP contribution in [0.15, 0.2) is 0 Å². The standard InChI is InChI=1S/C14H27N3O2/c1-3-17(9-11(2)13(15)16)12-4-6-19-14(8-12)5-7-18-10-14/h11-12H,3-10H2,1-2H3,(H3,15,16). The van der Waals surface area contributed by atoms with Gasteiger partial charge in [-0.25, -0.2) is 0 Å². The van der Waals surface area contributed by atoms with Crippen molar-refractivity contribution >= 4 is 5.84 Å². The summed E-state index contributed by atoms with van der Waals surface area (Å²) < 4.78 is 11.5. The van der Waals surface area contributed by atoms with Crippen molar-refractivity contribution in [2.24, 2.45) is 11.7 Å². The second-order valence-electron chi connectivity index (χ2n) is 5.92. The molecule has 2 saturated heterocycles. The predicted octanol–water partition coefficient (Wildman–Crippen LogP) is 1.22. The molecule has 19 heavy (non-hydrogen) atoms. The first-order valence-corrected chi connectivity index (χ1v) is 7.36. The Labute approximate surface area is 115 Å². The molecule has 0 radical (unpaired) electrons. The van der Waals surface area contributed by atoms with Gasteiger partial charge in [-0.2, -0.15) is 0 Å². The molecule has 3 atom stereocenters. The van der Waals surface area contributed by atoms with Crippen LogP contribution >= 0.6 is 0 Å². The van der Waals surface area contributed by atoms with Crippen LogP contribution in [0.1, 0.15) is 33.1 Å². The number of ether oxygens (including phenoxy) is 2. The number of nitrogens with two attached hydrogens (primary N) is 1. The van der Waals surface area contributed by atoms with Crippen LogP contribution < -0.4 is 5.73 Å². The molecule has 2 aliphatic rings. The monoisotopic (exact) mass is 269 g/mol. The lowest BCUT2D eigenvalue weighted by molar-refractivity contribution is -0.106. The number of nitrogens with one attached hydrogen (secondary N) is 1. The maximum absolute atomic E-state index is 7.55. The summed E-state index contributed by atoms with van der Waals surface area (Å²) in [5.74, 6) is 0.406. The lowest BCUT2D eigenvalue weighted by atomic mass is 9.88. The first-order chi connectivity index (χ1) is 9.06. The van der Waals surface area contributed by atoms with Gasteiger partial charge in [0.1, 0.15) is 0 Å². The van der Waals surface area contributed by atoms with Crippen LogP contribution in [0.25, 0.3) is 0 Å².